The minimum Gasteiger partial charge on any atom is -0.383 e. The molecule has 1 aromatic heterocycles. The van der Waals surface area contributed by atoms with Gasteiger partial charge < -0.3 is 5.73 Å². The molecule has 0 fully saturated rings. The molecule has 0 spiro atoms. The third kappa shape index (κ3) is 2.52. The maximum atomic E-state index is 5.83. The van der Waals surface area contributed by atoms with Crippen LogP contribution in [0.1, 0.15) is 16.7 Å². The van der Waals surface area contributed by atoms with Gasteiger partial charge in [-0.05, 0) is 35.7 Å². The molecule has 0 saturated heterocycles. The number of aromatic nitrogens is 1. The van der Waals surface area contributed by atoms with Crippen molar-refractivity contribution in [3.8, 4) is 0 Å². The van der Waals surface area contributed by atoms with Crippen molar-refractivity contribution in [2.24, 2.45) is 0 Å². The van der Waals surface area contributed by atoms with Crippen LogP contribution in [-0.4, -0.2) is 4.98 Å². The number of anilines is 1. The van der Waals surface area contributed by atoms with Gasteiger partial charge in [0, 0.05) is 17.6 Å². The number of halogens is 1. The van der Waals surface area contributed by atoms with E-state index in [-0.39, 0.29) is 0 Å². The van der Waals surface area contributed by atoms with Crippen LogP contribution < -0.4 is 5.73 Å². The maximum absolute atomic E-state index is 5.83. The van der Waals surface area contributed by atoms with Crippen molar-refractivity contribution < 1.29 is 0 Å². The molecule has 0 amide bonds. The number of pyridine rings is 1. The number of nitrogens with two attached hydrogens (primary N) is 1. The highest BCUT2D eigenvalue weighted by molar-refractivity contribution is 6.30. The highest BCUT2D eigenvalue weighted by Crippen LogP contribution is 2.17. The van der Waals surface area contributed by atoms with E-state index in [1.165, 1.54) is 5.56 Å². The molecule has 2 N–H and O–H groups in total. The molecule has 1 aromatic carbocycles. The van der Waals surface area contributed by atoms with Gasteiger partial charge in [-0.2, -0.15) is 0 Å². The van der Waals surface area contributed by atoms with Gasteiger partial charge in [-0.15, -0.1) is 0 Å². The first kappa shape index (κ1) is 11.0. The Hall–Kier alpha value is -1.54. The smallest absolute Gasteiger partial charge is 0.126 e. The van der Waals surface area contributed by atoms with Gasteiger partial charge in [0.2, 0.25) is 0 Å². The summed E-state index contributed by atoms with van der Waals surface area (Å²) in [5.74, 6) is 0.598. The lowest BCUT2D eigenvalue weighted by molar-refractivity contribution is 1.14. The van der Waals surface area contributed by atoms with Gasteiger partial charge in [0.15, 0.2) is 0 Å². The van der Waals surface area contributed by atoms with E-state index in [4.69, 9.17) is 17.3 Å². The average Bonchev–Trinajstić information content (AvgIpc) is 2.27. The number of nitrogens with zero attached hydrogens (tertiary/aromatic N) is 1. The zero-order chi connectivity index (χ0) is 11.5. The Balaban J connectivity index is 2.26. The predicted octanol–water partition coefficient (Wildman–Crippen LogP) is 3.22. The van der Waals surface area contributed by atoms with Crippen LogP contribution in [0.4, 0.5) is 5.82 Å². The van der Waals surface area contributed by atoms with Crippen LogP contribution in [0.3, 0.4) is 0 Å². The summed E-state index contributed by atoms with van der Waals surface area (Å²) in [6, 6.07) is 9.85. The molecule has 16 heavy (non-hydrogen) atoms. The van der Waals surface area contributed by atoms with Crippen LogP contribution >= 0.6 is 11.6 Å². The third-order valence-electron chi connectivity index (χ3n) is 2.45. The molecule has 2 aromatic rings. The molecule has 82 valence electrons. The fraction of sp³-hybridized carbons (Fsp3) is 0.154. The van der Waals surface area contributed by atoms with Gasteiger partial charge in [-0.1, -0.05) is 29.8 Å². The van der Waals surface area contributed by atoms with Crippen molar-refractivity contribution in [1.82, 2.24) is 4.98 Å². The van der Waals surface area contributed by atoms with Gasteiger partial charge in [0.1, 0.15) is 5.82 Å². The Morgan fingerprint density at radius 2 is 1.94 bits per heavy atom. The molecule has 0 bridgehead atoms. The molecule has 1 heterocycles. The number of benzene rings is 1. The van der Waals surface area contributed by atoms with E-state index in [0.717, 1.165) is 22.6 Å². The molecule has 3 heteroatoms. The van der Waals surface area contributed by atoms with Crippen molar-refractivity contribution in [3.05, 3.63) is 58.2 Å². The second-order valence-electron chi connectivity index (χ2n) is 3.86. The van der Waals surface area contributed by atoms with Crippen LogP contribution in [0.25, 0.3) is 0 Å². The molecule has 0 saturated carbocycles. The first-order valence-electron chi connectivity index (χ1n) is 5.10. The third-order valence-corrected chi connectivity index (χ3v) is 2.70. The van der Waals surface area contributed by atoms with Crippen molar-refractivity contribution in [1.29, 1.82) is 0 Å². The lowest BCUT2D eigenvalue weighted by Gasteiger charge is -2.06. The Labute approximate surface area is 100 Å². The van der Waals surface area contributed by atoms with Crippen molar-refractivity contribution in [2.45, 2.75) is 13.3 Å². The molecule has 0 radical (unpaired) electrons. The first-order chi connectivity index (χ1) is 7.65. The van der Waals surface area contributed by atoms with E-state index < -0.39 is 0 Å². The SMILES string of the molecule is Cc1cnc(N)c(Cc2ccc(Cl)cc2)c1. The van der Waals surface area contributed by atoms with Gasteiger partial charge in [-0.3, -0.25) is 0 Å². The Morgan fingerprint density at radius 1 is 1.25 bits per heavy atom. The van der Waals surface area contributed by atoms with Gasteiger partial charge in [-0.25, -0.2) is 4.98 Å². The monoisotopic (exact) mass is 232 g/mol. The predicted molar refractivity (Wildman–Crippen MR) is 67.6 cm³/mol. The van der Waals surface area contributed by atoms with Gasteiger partial charge in [0.25, 0.3) is 0 Å². The number of hydrogen-bond donors (Lipinski definition) is 1. The highest BCUT2D eigenvalue weighted by Gasteiger charge is 2.02. The standard InChI is InChI=1S/C13H13ClN2/c1-9-6-11(13(15)16-8-9)7-10-2-4-12(14)5-3-10/h2-6,8H,7H2,1H3,(H2,15,16). The number of nitrogen functional groups attached to an aromatic ring is 1. The van der Waals surface area contributed by atoms with Crippen molar-refractivity contribution >= 4 is 17.4 Å². The van der Waals surface area contributed by atoms with Gasteiger partial charge >= 0.3 is 0 Å². The molecule has 2 nitrogen and oxygen atoms in total. The van der Waals surface area contributed by atoms with Crippen LogP contribution in [0.5, 0.6) is 0 Å². The summed E-state index contributed by atoms with van der Waals surface area (Å²) in [5, 5.41) is 0.749. The summed E-state index contributed by atoms with van der Waals surface area (Å²) in [6.45, 7) is 2.01. The van der Waals surface area contributed by atoms with E-state index >= 15 is 0 Å². The van der Waals surface area contributed by atoms with Crippen molar-refractivity contribution in [3.63, 3.8) is 0 Å². The molecule has 0 unspecified atom stereocenters. The average molecular weight is 233 g/mol. The minimum absolute atomic E-state index is 0.598. The Bertz CT molecular complexity index is 492. The largest absolute Gasteiger partial charge is 0.383 e. The molecular formula is C13H13ClN2. The van der Waals surface area contributed by atoms with Crippen LogP contribution in [0, 0.1) is 6.92 Å². The zero-order valence-corrected chi connectivity index (χ0v) is 9.83. The van der Waals surface area contributed by atoms with E-state index in [9.17, 15) is 0 Å². The van der Waals surface area contributed by atoms with Crippen molar-refractivity contribution in [2.75, 3.05) is 5.73 Å². The van der Waals surface area contributed by atoms with Crippen LogP contribution in [0.2, 0.25) is 5.02 Å². The van der Waals surface area contributed by atoms with Gasteiger partial charge in [0.05, 0.1) is 0 Å². The zero-order valence-electron chi connectivity index (χ0n) is 9.07. The second kappa shape index (κ2) is 4.54. The normalized spacial score (nSPS) is 10.4. The van der Waals surface area contributed by atoms with Crippen LogP contribution in [-0.2, 0) is 6.42 Å². The van der Waals surface area contributed by atoms with E-state index in [2.05, 4.69) is 11.1 Å². The lowest BCUT2D eigenvalue weighted by atomic mass is 10.0. The molecule has 0 aliphatic rings. The summed E-state index contributed by atoms with van der Waals surface area (Å²) in [6.07, 6.45) is 2.57. The summed E-state index contributed by atoms with van der Waals surface area (Å²) < 4.78 is 0. The van der Waals surface area contributed by atoms with E-state index in [0.29, 0.717) is 5.82 Å². The summed E-state index contributed by atoms with van der Waals surface area (Å²) >= 11 is 5.83. The van der Waals surface area contributed by atoms with Crippen LogP contribution in [0.15, 0.2) is 36.5 Å². The fourth-order valence-electron chi connectivity index (χ4n) is 1.60. The van der Waals surface area contributed by atoms with E-state index in [1.807, 2.05) is 31.2 Å². The Morgan fingerprint density at radius 3 is 2.62 bits per heavy atom. The quantitative estimate of drug-likeness (QED) is 0.864. The molecule has 0 atom stereocenters. The number of rotatable bonds is 2. The molecule has 0 aliphatic carbocycles. The maximum Gasteiger partial charge on any atom is 0.126 e. The minimum atomic E-state index is 0.598. The number of hydrogen-bond acceptors (Lipinski definition) is 2. The summed E-state index contributed by atoms with van der Waals surface area (Å²) in [5.41, 5.74) is 9.19. The Kier molecular flexibility index (Phi) is 3.11. The second-order valence-corrected chi connectivity index (χ2v) is 4.30. The molecule has 2 rings (SSSR count). The first-order valence-corrected chi connectivity index (χ1v) is 5.48. The highest BCUT2D eigenvalue weighted by atomic mass is 35.5. The molecule has 0 aliphatic heterocycles. The fourth-order valence-corrected chi connectivity index (χ4v) is 1.73. The lowest BCUT2D eigenvalue weighted by Crippen LogP contribution is -1.99. The molecular weight excluding hydrogens is 220 g/mol. The topological polar surface area (TPSA) is 38.9 Å². The number of aryl methyl sites for hydroxylation is 1. The summed E-state index contributed by atoms with van der Waals surface area (Å²) in [4.78, 5) is 4.14. The van der Waals surface area contributed by atoms with E-state index in [1.54, 1.807) is 6.20 Å². The summed E-state index contributed by atoms with van der Waals surface area (Å²) in [7, 11) is 0.